The van der Waals surface area contributed by atoms with Crippen LogP contribution in [0.25, 0.3) is 0 Å². The molecule has 1 atom stereocenters. The van der Waals surface area contributed by atoms with Crippen molar-refractivity contribution >= 4 is 34.1 Å². The van der Waals surface area contributed by atoms with E-state index in [-0.39, 0.29) is 36.2 Å². The number of imide groups is 1. The highest BCUT2D eigenvalue weighted by Gasteiger charge is 2.44. The SMILES string of the molecule is O=C(Cc1ccc(N2C(=O)C3=CCCCC3C2=O)s1)OC1CCCC1. The number of anilines is 1. The van der Waals surface area contributed by atoms with E-state index in [9.17, 15) is 14.4 Å². The number of allylic oxidation sites excluding steroid dienone is 1. The Hall–Kier alpha value is -1.95. The Morgan fingerprint density at radius 3 is 2.72 bits per heavy atom. The smallest absolute Gasteiger partial charge is 0.311 e. The van der Waals surface area contributed by atoms with Crippen molar-refractivity contribution in [2.45, 2.75) is 57.5 Å². The van der Waals surface area contributed by atoms with Crippen LogP contribution in [0.5, 0.6) is 0 Å². The molecule has 4 rings (SSSR count). The molecule has 25 heavy (non-hydrogen) atoms. The summed E-state index contributed by atoms with van der Waals surface area (Å²) in [7, 11) is 0. The second-order valence-electron chi connectivity index (χ2n) is 6.93. The Morgan fingerprint density at radius 1 is 1.16 bits per heavy atom. The van der Waals surface area contributed by atoms with Gasteiger partial charge in [-0.25, -0.2) is 4.90 Å². The second-order valence-corrected chi connectivity index (χ2v) is 8.08. The minimum atomic E-state index is -0.279. The lowest BCUT2D eigenvalue weighted by molar-refractivity contribution is -0.147. The molecule has 1 aliphatic heterocycles. The molecule has 5 nitrogen and oxygen atoms in total. The first kappa shape index (κ1) is 16.5. The van der Waals surface area contributed by atoms with Gasteiger partial charge in [-0.15, -0.1) is 11.3 Å². The molecule has 2 amide bonds. The maximum absolute atomic E-state index is 12.6. The van der Waals surface area contributed by atoms with E-state index in [1.54, 1.807) is 6.07 Å². The molecular formula is C19H21NO4S. The van der Waals surface area contributed by atoms with Gasteiger partial charge >= 0.3 is 5.97 Å². The molecule has 0 N–H and O–H groups in total. The lowest BCUT2D eigenvalue weighted by Crippen LogP contribution is -2.29. The van der Waals surface area contributed by atoms with Gasteiger partial charge in [-0.05, 0) is 57.1 Å². The van der Waals surface area contributed by atoms with Crippen molar-refractivity contribution in [2.24, 2.45) is 5.92 Å². The van der Waals surface area contributed by atoms with Crippen molar-refractivity contribution in [2.75, 3.05) is 4.90 Å². The molecule has 0 aromatic carbocycles. The molecule has 6 heteroatoms. The lowest BCUT2D eigenvalue weighted by atomic mass is 9.90. The van der Waals surface area contributed by atoms with E-state index in [1.165, 1.54) is 16.2 Å². The third-order valence-corrected chi connectivity index (χ3v) is 6.26. The third kappa shape index (κ3) is 3.15. The zero-order valence-electron chi connectivity index (χ0n) is 14.0. The molecular weight excluding hydrogens is 338 g/mol. The summed E-state index contributed by atoms with van der Waals surface area (Å²) in [5.74, 6) is -0.829. The van der Waals surface area contributed by atoms with E-state index in [0.717, 1.165) is 49.8 Å². The first-order valence-electron chi connectivity index (χ1n) is 9.00. The molecule has 2 heterocycles. The van der Waals surface area contributed by atoms with Crippen LogP contribution >= 0.6 is 11.3 Å². The van der Waals surface area contributed by atoms with Gasteiger partial charge in [0.05, 0.1) is 12.3 Å². The number of hydrogen-bond donors (Lipinski definition) is 0. The number of carbonyl (C=O) groups is 3. The van der Waals surface area contributed by atoms with Crippen molar-refractivity contribution in [3.05, 3.63) is 28.7 Å². The maximum atomic E-state index is 12.6. The zero-order valence-corrected chi connectivity index (χ0v) is 14.8. The topological polar surface area (TPSA) is 63.7 Å². The number of thiophene rings is 1. The van der Waals surface area contributed by atoms with Crippen molar-refractivity contribution in [1.29, 1.82) is 0 Å². The van der Waals surface area contributed by atoms with E-state index in [2.05, 4.69) is 0 Å². The number of esters is 1. The quantitative estimate of drug-likeness (QED) is 0.611. The average molecular weight is 359 g/mol. The van der Waals surface area contributed by atoms with Gasteiger partial charge in [0.25, 0.3) is 5.91 Å². The van der Waals surface area contributed by atoms with E-state index < -0.39 is 0 Å². The van der Waals surface area contributed by atoms with E-state index in [0.29, 0.717) is 10.6 Å². The van der Waals surface area contributed by atoms with Crippen LogP contribution in [-0.4, -0.2) is 23.9 Å². The normalized spacial score (nSPS) is 23.8. The van der Waals surface area contributed by atoms with Crippen LogP contribution < -0.4 is 4.90 Å². The van der Waals surface area contributed by atoms with Crippen LogP contribution in [0.1, 0.15) is 49.8 Å². The molecule has 0 spiro atoms. The highest BCUT2D eigenvalue weighted by Crippen LogP contribution is 2.39. The van der Waals surface area contributed by atoms with Crippen molar-refractivity contribution in [3.8, 4) is 0 Å². The Labute approximate surface area is 150 Å². The summed E-state index contributed by atoms with van der Waals surface area (Å²) < 4.78 is 5.48. The van der Waals surface area contributed by atoms with Gasteiger partial charge < -0.3 is 4.74 Å². The predicted molar refractivity (Wildman–Crippen MR) is 94.3 cm³/mol. The highest BCUT2D eigenvalue weighted by molar-refractivity contribution is 7.16. The molecule has 2 fully saturated rings. The summed E-state index contributed by atoms with van der Waals surface area (Å²) in [5, 5.41) is 0.606. The van der Waals surface area contributed by atoms with Gasteiger partial charge in [0, 0.05) is 10.5 Å². The minimum absolute atomic E-state index is 0.0590. The summed E-state index contributed by atoms with van der Waals surface area (Å²) in [5.41, 5.74) is 0.645. The second kappa shape index (κ2) is 6.75. The van der Waals surface area contributed by atoms with Crippen LogP contribution in [0.2, 0.25) is 0 Å². The molecule has 1 unspecified atom stereocenters. The van der Waals surface area contributed by atoms with Crippen LogP contribution in [-0.2, 0) is 25.5 Å². The monoisotopic (exact) mass is 359 g/mol. The van der Waals surface area contributed by atoms with Crippen molar-refractivity contribution in [1.82, 2.24) is 0 Å². The number of carbonyl (C=O) groups excluding carboxylic acids is 3. The standard InChI is InChI=1S/C19H21NO4S/c21-17(24-12-5-1-2-6-12)11-13-9-10-16(25-13)20-18(22)14-7-3-4-8-15(14)19(20)23/h7,9-10,12,15H,1-6,8,11H2. The Morgan fingerprint density at radius 2 is 1.96 bits per heavy atom. The lowest BCUT2D eigenvalue weighted by Gasteiger charge is -2.13. The third-order valence-electron chi connectivity index (χ3n) is 5.19. The molecule has 3 aliphatic rings. The molecule has 1 saturated carbocycles. The van der Waals surface area contributed by atoms with Crippen molar-refractivity contribution in [3.63, 3.8) is 0 Å². The van der Waals surface area contributed by atoms with Gasteiger partial charge in [0.1, 0.15) is 11.1 Å². The molecule has 1 aromatic heterocycles. The van der Waals surface area contributed by atoms with Gasteiger partial charge in [0.15, 0.2) is 0 Å². The van der Waals surface area contributed by atoms with Crippen LogP contribution in [0, 0.1) is 5.92 Å². The Balaban J connectivity index is 1.45. The number of rotatable bonds is 4. The van der Waals surface area contributed by atoms with E-state index >= 15 is 0 Å². The largest absolute Gasteiger partial charge is 0.462 e. The van der Waals surface area contributed by atoms with Crippen LogP contribution in [0.3, 0.4) is 0 Å². The van der Waals surface area contributed by atoms with Crippen molar-refractivity contribution < 1.29 is 19.1 Å². The average Bonchev–Trinajstić information content (AvgIpc) is 3.31. The summed E-state index contributed by atoms with van der Waals surface area (Å²) >= 11 is 1.33. The maximum Gasteiger partial charge on any atom is 0.311 e. The van der Waals surface area contributed by atoms with Crippen LogP contribution in [0.15, 0.2) is 23.8 Å². The number of ether oxygens (including phenoxy) is 1. The number of fused-ring (bicyclic) bond motifs is 1. The summed E-state index contributed by atoms with van der Waals surface area (Å²) in [4.78, 5) is 39.3. The van der Waals surface area contributed by atoms with E-state index in [4.69, 9.17) is 4.74 Å². The fourth-order valence-corrected chi connectivity index (χ4v) is 4.92. The first-order chi connectivity index (χ1) is 12.1. The number of amides is 2. The minimum Gasteiger partial charge on any atom is -0.462 e. The summed E-state index contributed by atoms with van der Waals surface area (Å²) in [6.45, 7) is 0. The number of hydrogen-bond acceptors (Lipinski definition) is 5. The predicted octanol–water partition coefficient (Wildman–Crippen LogP) is 3.38. The van der Waals surface area contributed by atoms with E-state index in [1.807, 2.05) is 12.1 Å². The fourth-order valence-electron chi connectivity index (χ4n) is 3.92. The summed E-state index contributed by atoms with van der Waals surface area (Å²) in [6.07, 6.45) is 8.87. The van der Waals surface area contributed by atoms with Gasteiger partial charge in [-0.2, -0.15) is 0 Å². The number of nitrogens with zero attached hydrogens (tertiary/aromatic N) is 1. The highest BCUT2D eigenvalue weighted by atomic mass is 32.1. The molecule has 0 bridgehead atoms. The van der Waals surface area contributed by atoms with Gasteiger partial charge in [-0.1, -0.05) is 6.08 Å². The molecule has 1 saturated heterocycles. The van der Waals surface area contributed by atoms with Gasteiger partial charge in [-0.3, -0.25) is 14.4 Å². The zero-order chi connectivity index (χ0) is 17.4. The fraction of sp³-hybridized carbons (Fsp3) is 0.526. The first-order valence-corrected chi connectivity index (χ1v) is 9.81. The Kier molecular flexibility index (Phi) is 4.46. The molecule has 2 aliphatic carbocycles. The summed E-state index contributed by atoms with van der Waals surface area (Å²) in [6, 6.07) is 3.57. The van der Waals surface area contributed by atoms with Gasteiger partial charge in [0.2, 0.25) is 5.91 Å². The molecule has 132 valence electrons. The molecule has 1 aromatic rings. The Bertz CT molecular complexity index is 744. The van der Waals surface area contributed by atoms with Crippen LogP contribution in [0.4, 0.5) is 5.00 Å². The molecule has 0 radical (unpaired) electrons.